The molecule has 2 aromatic rings. The molecule has 1 aromatic heterocycles. The molecule has 5 heteroatoms. The molecule has 5 nitrogen and oxygen atoms in total. The van der Waals surface area contributed by atoms with E-state index in [-0.39, 0.29) is 5.91 Å². The number of carbonyl (C=O) groups is 1. The van der Waals surface area contributed by atoms with Crippen LogP contribution in [0.1, 0.15) is 31.6 Å². The maximum absolute atomic E-state index is 12.0. The summed E-state index contributed by atoms with van der Waals surface area (Å²) in [6, 6.07) is 5.57. The normalized spacial score (nSPS) is 16.2. The highest BCUT2D eigenvalue weighted by Gasteiger charge is 2.14. The van der Waals surface area contributed by atoms with Gasteiger partial charge in [-0.3, -0.25) is 4.79 Å². The third-order valence-corrected chi connectivity index (χ3v) is 4.02. The Kier molecular flexibility index (Phi) is 4.20. The summed E-state index contributed by atoms with van der Waals surface area (Å²) in [5.74, 6) is 1.39. The summed E-state index contributed by atoms with van der Waals surface area (Å²) in [6.45, 7) is 3.97. The highest BCUT2D eigenvalue weighted by molar-refractivity contribution is 5.92. The molecule has 0 atom stereocenters. The molecular weight excluding hydrogens is 266 g/mol. The minimum atomic E-state index is 0.0733. The van der Waals surface area contributed by atoms with E-state index in [0.29, 0.717) is 23.8 Å². The Labute approximate surface area is 124 Å². The van der Waals surface area contributed by atoms with Crippen molar-refractivity contribution < 1.29 is 9.21 Å². The molecule has 0 spiro atoms. The molecule has 0 saturated carbocycles. The van der Waals surface area contributed by atoms with Crippen LogP contribution in [0.25, 0.3) is 11.1 Å². The first kappa shape index (κ1) is 14.1. The Morgan fingerprint density at radius 1 is 1.43 bits per heavy atom. The molecule has 1 fully saturated rings. The maximum atomic E-state index is 12.0. The van der Waals surface area contributed by atoms with Gasteiger partial charge in [0.1, 0.15) is 5.52 Å². The van der Waals surface area contributed by atoms with Crippen molar-refractivity contribution in [1.29, 1.82) is 0 Å². The molecule has 1 aliphatic rings. The van der Waals surface area contributed by atoms with Crippen LogP contribution in [-0.4, -0.2) is 24.0 Å². The van der Waals surface area contributed by atoms with Crippen LogP contribution in [0.15, 0.2) is 22.6 Å². The molecule has 2 heterocycles. The number of piperidine rings is 1. The van der Waals surface area contributed by atoms with Gasteiger partial charge in [-0.15, -0.1) is 0 Å². The summed E-state index contributed by atoms with van der Waals surface area (Å²) in [7, 11) is 0. The van der Waals surface area contributed by atoms with E-state index in [1.54, 1.807) is 0 Å². The number of oxazole rings is 1. The molecule has 3 rings (SSSR count). The van der Waals surface area contributed by atoms with E-state index < -0.39 is 0 Å². The summed E-state index contributed by atoms with van der Waals surface area (Å²) in [6.07, 6.45) is 3.91. The number of fused-ring (bicyclic) bond motifs is 1. The fraction of sp³-hybridized carbons (Fsp3) is 0.500. The van der Waals surface area contributed by atoms with E-state index in [4.69, 9.17) is 4.42 Å². The Bertz CT molecular complexity index is 629. The SMILES string of the molecule is Cc1nc2ccc(NC(=O)CCC3CCNCC3)cc2o1. The number of nitrogens with one attached hydrogen (secondary N) is 2. The van der Waals surface area contributed by atoms with Gasteiger partial charge in [-0.05, 0) is 50.4 Å². The van der Waals surface area contributed by atoms with Crippen LogP contribution >= 0.6 is 0 Å². The molecule has 112 valence electrons. The number of hydrogen-bond donors (Lipinski definition) is 2. The summed E-state index contributed by atoms with van der Waals surface area (Å²) in [5.41, 5.74) is 2.30. The fourth-order valence-electron chi connectivity index (χ4n) is 2.85. The van der Waals surface area contributed by atoms with Gasteiger partial charge in [-0.1, -0.05) is 0 Å². The van der Waals surface area contributed by atoms with Gasteiger partial charge in [0.25, 0.3) is 0 Å². The zero-order valence-corrected chi connectivity index (χ0v) is 12.3. The second-order valence-electron chi connectivity index (χ2n) is 5.70. The average Bonchev–Trinajstić information content (AvgIpc) is 2.85. The van der Waals surface area contributed by atoms with Crippen LogP contribution in [0.4, 0.5) is 5.69 Å². The van der Waals surface area contributed by atoms with E-state index in [9.17, 15) is 4.79 Å². The molecule has 1 aliphatic heterocycles. The van der Waals surface area contributed by atoms with Crippen molar-refractivity contribution in [1.82, 2.24) is 10.3 Å². The van der Waals surface area contributed by atoms with Gasteiger partial charge in [0.05, 0.1) is 0 Å². The van der Waals surface area contributed by atoms with Crippen LogP contribution in [0.5, 0.6) is 0 Å². The van der Waals surface area contributed by atoms with Crippen molar-refractivity contribution in [2.45, 2.75) is 32.6 Å². The Balaban J connectivity index is 1.55. The van der Waals surface area contributed by atoms with Crippen LogP contribution in [0, 0.1) is 12.8 Å². The lowest BCUT2D eigenvalue weighted by Crippen LogP contribution is -2.28. The number of benzene rings is 1. The second kappa shape index (κ2) is 6.26. The minimum Gasteiger partial charge on any atom is -0.441 e. The second-order valence-corrected chi connectivity index (χ2v) is 5.70. The highest BCUT2D eigenvalue weighted by atomic mass is 16.3. The van der Waals surface area contributed by atoms with Crippen molar-refractivity contribution in [2.75, 3.05) is 18.4 Å². The van der Waals surface area contributed by atoms with Crippen LogP contribution in [-0.2, 0) is 4.79 Å². The summed E-state index contributed by atoms with van der Waals surface area (Å²) >= 11 is 0. The van der Waals surface area contributed by atoms with Crippen molar-refractivity contribution in [2.24, 2.45) is 5.92 Å². The Morgan fingerprint density at radius 2 is 2.24 bits per heavy atom. The summed E-state index contributed by atoms with van der Waals surface area (Å²) in [5, 5.41) is 6.28. The largest absolute Gasteiger partial charge is 0.441 e. The highest BCUT2D eigenvalue weighted by Crippen LogP contribution is 2.21. The first-order valence-electron chi connectivity index (χ1n) is 7.58. The molecule has 0 aliphatic carbocycles. The van der Waals surface area contributed by atoms with Crippen LogP contribution in [0.3, 0.4) is 0 Å². The maximum Gasteiger partial charge on any atom is 0.224 e. The standard InChI is InChI=1S/C16H21N3O2/c1-11-18-14-4-3-13(10-15(14)21-11)19-16(20)5-2-12-6-8-17-9-7-12/h3-4,10,12,17H,2,5-9H2,1H3,(H,19,20). The number of anilines is 1. The van der Waals surface area contributed by atoms with Gasteiger partial charge in [-0.2, -0.15) is 0 Å². The average molecular weight is 287 g/mol. The number of hydrogen-bond acceptors (Lipinski definition) is 4. The third-order valence-electron chi connectivity index (χ3n) is 4.02. The molecule has 1 aromatic carbocycles. The zero-order valence-electron chi connectivity index (χ0n) is 12.3. The van der Waals surface area contributed by atoms with Crippen molar-refractivity contribution in [3.05, 3.63) is 24.1 Å². The van der Waals surface area contributed by atoms with E-state index >= 15 is 0 Å². The first-order chi connectivity index (χ1) is 10.2. The van der Waals surface area contributed by atoms with Crippen LogP contribution in [0.2, 0.25) is 0 Å². The molecule has 0 bridgehead atoms. The third kappa shape index (κ3) is 3.61. The lowest BCUT2D eigenvalue weighted by molar-refractivity contribution is -0.116. The Morgan fingerprint density at radius 3 is 3.05 bits per heavy atom. The number of aryl methyl sites for hydroxylation is 1. The molecule has 0 unspecified atom stereocenters. The van der Waals surface area contributed by atoms with Gasteiger partial charge in [-0.25, -0.2) is 4.98 Å². The van der Waals surface area contributed by atoms with Crippen molar-refractivity contribution in [3.63, 3.8) is 0 Å². The number of nitrogens with zero attached hydrogens (tertiary/aromatic N) is 1. The molecule has 0 radical (unpaired) electrons. The predicted molar refractivity (Wildman–Crippen MR) is 82.2 cm³/mol. The molecular formula is C16H21N3O2. The van der Waals surface area contributed by atoms with Gasteiger partial charge in [0, 0.05) is 25.1 Å². The summed E-state index contributed by atoms with van der Waals surface area (Å²) in [4.78, 5) is 16.3. The van der Waals surface area contributed by atoms with Gasteiger partial charge >= 0.3 is 0 Å². The smallest absolute Gasteiger partial charge is 0.224 e. The van der Waals surface area contributed by atoms with Crippen molar-refractivity contribution in [3.8, 4) is 0 Å². The van der Waals surface area contributed by atoms with Gasteiger partial charge in [0.2, 0.25) is 5.91 Å². The zero-order chi connectivity index (χ0) is 14.7. The van der Waals surface area contributed by atoms with E-state index in [1.807, 2.05) is 25.1 Å². The number of carbonyl (C=O) groups excluding carboxylic acids is 1. The lowest BCUT2D eigenvalue weighted by atomic mass is 9.93. The number of rotatable bonds is 4. The lowest BCUT2D eigenvalue weighted by Gasteiger charge is -2.22. The topological polar surface area (TPSA) is 67.2 Å². The number of amides is 1. The van der Waals surface area contributed by atoms with Gasteiger partial charge in [0.15, 0.2) is 11.5 Å². The summed E-state index contributed by atoms with van der Waals surface area (Å²) < 4.78 is 5.48. The monoisotopic (exact) mass is 287 g/mol. The minimum absolute atomic E-state index is 0.0733. The molecule has 1 amide bonds. The number of aromatic nitrogens is 1. The van der Waals surface area contributed by atoms with E-state index in [1.165, 1.54) is 12.8 Å². The first-order valence-corrected chi connectivity index (χ1v) is 7.58. The fourth-order valence-corrected chi connectivity index (χ4v) is 2.85. The van der Waals surface area contributed by atoms with Crippen molar-refractivity contribution >= 4 is 22.7 Å². The van der Waals surface area contributed by atoms with Crippen LogP contribution < -0.4 is 10.6 Å². The molecule has 1 saturated heterocycles. The quantitative estimate of drug-likeness (QED) is 0.907. The predicted octanol–water partition coefficient (Wildman–Crippen LogP) is 2.85. The Hall–Kier alpha value is -1.88. The van der Waals surface area contributed by atoms with Gasteiger partial charge < -0.3 is 15.1 Å². The molecule has 2 N–H and O–H groups in total. The molecule has 21 heavy (non-hydrogen) atoms. The van der Waals surface area contributed by atoms with E-state index in [2.05, 4.69) is 15.6 Å². The van der Waals surface area contributed by atoms with E-state index in [0.717, 1.165) is 30.7 Å².